The topological polar surface area (TPSA) is 35.2 Å². The highest BCUT2D eigenvalue weighted by Crippen LogP contribution is 2.39. The number of hydrogen-bond acceptors (Lipinski definition) is 2. The minimum absolute atomic E-state index is 0.228. The van der Waals surface area contributed by atoms with Crippen molar-refractivity contribution in [3.8, 4) is 5.75 Å². The van der Waals surface area contributed by atoms with Gasteiger partial charge >= 0.3 is 0 Å². The van der Waals surface area contributed by atoms with Crippen LogP contribution in [0.15, 0.2) is 42.5 Å². The van der Waals surface area contributed by atoms with Crippen LogP contribution in [0.2, 0.25) is 0 Å². The number of hydrogen-bond donors (Lipinski definition) is 1. The Balaban J connectivity index is 1.92. The molecular formula is C15H13F2NO. The summed E-state index contributed by atoms with van der Waals surface area (Å²) >= 11 is 0. The van der Waals surface area contributed by atoms with E-state index in [2.05, 4.69) is 0 Å². The summed E-state index contributed by atoms with van der Waals surface area (Å²) in [6.45, 7) is 0. The van der Waals surface area contributed by atoms with Gasteiger partial charge in [-0.2, -0.15) is 0 Å². The molecule has 0 spiro atoms. The number of halogens is 2. The van der Waals surface area contributed by atoms with Gasteiger partial charge in [-0.3, -0.25) is 0 Å². The Labute approximate surface area is 109 Å². The van der Waals surface area contributed by atoms with Gasteiger partial charge in [0, 0.05) is 18.0 Å². The van der Waals surface area contributed by atoms with Crippen molar-refractivity contribution >= 4 is 0 Å². The van der Waals surface area contributed by atoms with E-state index in [0.717, 1.165) is 5.56 Å². The molecule has 0 saturated heterocycles. The zero-order valence-electron chi connectivity index (χ0n) is 10.1. The summed E-state index contributed by atoms with van der Waals surface area (Å²) in [5.41, 5.74) is 7.60. The highest BCUT2D eigenvalue weighted by molar-refractivity contribution is 5.39. The molecule has 2 atom stereocenters. The molecule has 2 nitrogen and oxygen atoms in total. The number of benzene rings is 2. The Morgan fingerprint density at radius 1 is 1.00 bits per heavy atom. The average Bonchev–Trinajstić information content (AvgIpc) is 2.40. The summed E-state index contributed by atoms with van der Waals surface area (Å²) in [5, 5.41) is 0. The minimum Gasteiger partial charge on any atom is -0.485 e. The van der Waals surface area contributed by atoms with Gasteiger partial charge in [-0.15, -0.1) is 0 Å². The average molecular weight is 261 g/mol. The molecule has 98 valence electrons. The summed E-state index contributed by atoms with van der Waals surface area (Å²) in [6.07, 6.45) is 0.316. The molecule has 2 unspecified atom stereocenters. The minimum atomic E-state index is -0.321. The van der Waals surface area contributed by atoms with Gasteiger partial charge in [0.1, 0.15) is 23.5 Å². The van der Waals surface area contributed by atoms with Crippen LogP contribution in [0, 0.1) is 11.6 Å². The van der Waals surface area contributed by atoms with E-state index in [1.807, 2.05) is 0 Å². The van der Waals surface area contributed by atoms with Crippen LogP contribution in [0.5, 0.6) is 5.75 Å². The number of nitrogens with two attached hydrogens (primary N) is 1. The molecule has 3 rings (SSSR count). The fourth-order valence-corrected chi connectivity index (χ4v) is 2.36. The summed E-state index contributed by atoms with van der Waals surface area (Å²) in [7, 11) is 0. The van der Waals surface area contributed by atoms with E-state index in [4.69, 9.17) is 10.5 Å². The van der Waals surface area contributed by atoms with Gasteiger partial charge in [0.2, 0.25) is 0 Å². The molecule has 0 fully saturated rings. The van der Waals surface area contributed by atoms with E-state index >= 15 is 0 Å². The number of rotatable bonds is 1. The molecule has 1 aliphatic heterocycles. The van der Waals surface area contributed by atoms with Crippen molar-refractivity contribution in [3.63, 3.8) is 0 Å². The Kier molecular flexibility index (Phi) is 2.95. The molecule has 1 heterocycles. The SMILES string of the molecule is NC1CC(c2ccc(F)cc2)Oc2ccc(F)cc21. The molecule has 19 heavy (non-hydrogen) atoms. The lowest BCUT2D eigenvalue weighted by molar-refractivity contribution is 0.161. The Hall–Kier alpha value is -1.94. The molecule has 4 heteroatoms. The van der Waals surface area contributed by atoms with Crippen molar-refractivity contribution in [3.05, 3.63) is 65.2 Å². The normalized spacial score (nSPS) is 21.6. The van der Waals surface area contributed by atoms with Crippen LogP contribution in [-0.2, 0) is 0 Å². The van der Waals surface area contributed by atoms with E-state index in [0.29, 0.717) is 17.7 Å². The zero-order valence-corrected chi connectivity index (χ0v) is 10.1. The van der Waals surface area contributed by atoms with Crippen molar-refractivity contribution in [2.75, 3.05) is 0 Å². The van der Waals surface area contributed by atoms with Gasteiger partial charge in [0.25, 0.3) is 0 Å². The molecular weight excluding hydrogens is 248 g/mol. The predicted molar refractivity (Wildman–Crippen MR) is 67.7 cm³/mol. The van der Waals surface area contributed by atoms with Gasteiger partial charge in [-0.05, 0) is 35.9 Å². The van der Waals surface area contributed by atoms with Crippen LogP contribution < -0.4 is 10.5 Å². The highest BCUT2D eigenvalue weighted by atomic mass is 19.1. The van der Waals surface area contributed by atoms with Gasteiger partial charge in [0.05, 0.1) is 0 Å². The highest BCUT2D eigenvalue weighted by Gasteiger charge is 2.27. The monoisotopic (exact) mass is 261 g/mol. The lowest BCUT2D eigenvalue weighted by Gasteiger charge is -2.30. The smallest absolute Gasteiger partial charge is 0.126 e. The van der Waals surface area contributed by atoms with Crippen LogP contribution in [0.4, 0.5) is 8.78 Å². The molecule has 2 aromatic carbocycles. The second-order valence-corrected chi connectivity index (χ2v) is 4.68. The van der Waals surface area contributed by atoms with Gasteiger partial charge in [-0.25, -0.2) is 8.78 Å². The maximum atomic E-state index is 13.2. The third-order valence-electron chi connectivity index (χ3n) is 3.35. The molecule has 0 saturated carbocycles. The molecule has 0 aliphatic carbocycles. The summed E-state index contributed by atoms with van der Waals surface area (Å²) in [4.78, 5) is 0. The molecule has 0 radical (unpaired) electrons. The maximum Gasteiger partial charge on any atom is 0.126 e. The largest absolute Gasteiger partial charge is 0.485 e. The zero-order chi connectivity index (χ0) is 13.4. The third-order valence-corrected chi connectivity index (χ3v) is 3.35. The van der Waals surface area contributed by atoms with E-state index < -0.39 is 0 Å². The molecule has 1 aliphatic rings. The summed E-state index contributed by atoms with van der Waals surface area (Å²) < 4.78 is 31.9. The second-order valence-electron chi connectivity index (χ2n) is 4.68. The Bertz CT molecular complexity index is 598. The molecule has 0 amide bonds. The van der Waals surface area contributed by atoms with E-state index in [1.165, 1.54) is 24.3 Å². The van der Waals surface area contributed by atoms with E-state index in [1.54, 1.807) is 18.2 Å². The first-order valence-corrected chi connectivity index (χ1v) is 6.10. The fraction of sp³-hybridized carbons (Fsp3) is 0.200. The molecule has 0 aromatic heterocycles. The fourth-order valence-electron chi connectivity index (χ4n) is 2.36. The maximum absolute atomic E-state index is 13.2. The summed E-state index contributed by atoms with van der Waals surface area (Å²) in [5.74, 6) is -0.0150. The van der Waals surface area contributed by atoms with Crippen molar-refractivity contribution in [2.45, 2.75) is 18.6 Å². The van der Waals surface area contributed by atoms with Crippen LogP contribution >= 0.6 is 0 Å². The first-order chi connectivity index (χ1) is 9.13. The van der Waals surface area contributed by atoms with Gasteiger partial charge < -0.3 is 10.5 Å². The van der Waals surface area contributed by atoms with Gasteiger partial charge in [-0.1, -0.05) is 12.1 Å². The quantitative estimate of drug-likeness (QED) is 0.852. The first-order valence-electron chi connectivity index (χ1n) is 6.10. The number of fused-ring (bicyclic) bond motifs is 1. The van der Waals surface area contributed by atoms with Crippen LogP contribution in [0.3, 0.4) is 0 Å². The third kappa shape index (κ3) is 2.31. The van der Waals surface area contributed by atoms with Crippen molar-refractivity contribution in [2.24, 2.45) is 5.73 Å². The summed E-state index contributed by atoms with van der Waals surface area (Å²) in [6, 6.07) is 10.2. The van der Waals surface area contributed by atoms with Crippen molar-refractivity contribution in [1.29, 1.82) is 0 Å². The standard InChI is InChI=1S/C15H13F2NO/c16-10-3-1-9(2-4-10)15-8-13(18)12-7-11(17)5-6-14(12)19-15/h1-7,13,15H,8,18H2. The van der Waals surface area contributed by atoms with Crippen LogP contribution in [0.25, 0.3) is 0 Å². The van der Waals surface area contributed by atoms with E-state index in [-0.39, 0.29) is 23.8 Å². The Morgan fingerprint density at radius 2 is 1.68 bits per heavy atom. The molecule has 2 N–H and O–H groups in total. The molecule has 0 bridgehead atoms. The molecule has 2 aromatic rings. The van der Waals surface area contributed by atoms with E-state index in [9.17, 15) is 8.78 Å². The van der Waals surface area contributed by atoms with Crippen LogP contribution in [-0.4, -0.2) is 0 Å². The number of ether oxygens (including phenoxy) is 1. The second kappa shape index (κ2) is 4.63. The first kappa shape index (κ1) is 12.1. The van der Waals surface area contributed by atoms with Crippen molar-refractivity contribution < 1.29 is 13.5 Å². The van der Waals surface area contributed by atoms with Crippen LogP contribution in [0.1, 0.15) is 29.7 Å². The lowest BCUT2D eigenvalue weighted by atomic mass is 9.93. The van der Waals surface area contributed by atoms with Crippen molar-refractivity contribution in [1.82, 2.24) is 0 Å². The Morgan fingerprint density at radius 3 is 2.42 bits per heavy atom. The van der Waals surface area contributed by atoms with Gasteiger partial charge in [0.15, 0.2) is 0 Å². The predicted octanol–water partition coefficient (Wildman–Crippen LogP) is 3.49. The lowest BCUT2D eigenvalue weighted by Crippen LogP contribution is -2.24.